The second kappa shape index (κ2) is 7.05. The molecule has 3 aromatic heterocycles. The highest BCUT2D eigenvalue weighted by Gasteiger charge is 2.35. The first-order valence-corrected chi connectivity index (χ1v) is 10.9. The highest BCUT2D eigenvalue weighted by molar-refractivity contribution is 5.88. The van der Waals surface area contributed by atoms with Crippen LogP contribution in [-0.4, -0.2) is 20.2 Å². The SMILES string of the molecule is Cn1c2c(c3ccc(-n4ccc(-c5ccc(C(F)(F)F)cn5)cc4=O)cc31)[C@@H]1CCC(C2)N1. The monoisotopic (exact) mass is 450 g/mol. The van der Waals surface area contributed by atoms with Crippen LogP contribution in [0.15, 0.2) is 59.7 Å². The molecule has 5 heterocycles. The van der Waals surface area contributed by atoms with Crippen molar-refractivity contribution in [2.75, 3.05) is 0 Å². The Morgan fingerprint density at radius 3 is 2.67 bits per heavy atom. The maximum absolute atomic E-state index is 12.9. The first kappa shape index (κ1) is 20.2. The van der Waals surface area contributed by atoms with Gasteiger partial charge in [-0.25, -0.2) is 0 Å². The van der Waals surface area contributed by atoms with Gasteiger partial charge in [0.25, 0.3) is 5.56 Å². The number of aryl methyl sites for hydroxylation is 1. The van der Waals surface area contributed by atoms with Crippen molar-refractivity contribution in [1.82, 2.24) is 19.4 Å². The summed E-state index contributed by atoms with van der Waals surface area (Å²) in [5.74, 6) is 0. The minimum Gasteiger partial charge on any atom is -0.347 e. The molecule has 6 rings (SSSR count). The predicted octanol–water partition coefficient (Wildman–Crippen LogP) is 4.76. The van der Waals surface area contributed by atoms with Gasteiger partial charge in [0.15, 0.2) is 0 Å². The molecular formula is C25H21F3N4O. The van der Waals surface area contributed by atoms with Crippen LogP contribution in [-0.2, 0) is 19.6 Å². The number of hydrogen-bond acceptors (Lipinski definition) is 3. The van der Waals surface area contributed by atoms with Crippen LogP contribution in [0.2, 0.25) is 0 Å². The molecule has 0 spiro atoms. The van der Waals surface area contributed by atoms with Gasteiger partial charge in [-0.3, -0.25) is 14.3 Å². The normalized spacial score (nSPS) is 19.8. The van der Waals surface area contributed by atoms with E-state index in [4.69, 9.17) is 0 Å². The van der Waals surface area contributed by atoms with E-state index < -0.39 is 11.7 Å². The largest absolute Gasteiger partial charge is 0.417 e. The zero-order chi connectivity index (χ0) is 22.9. The molecule has 2 bridgehead atoms. The van der Waals surface area contributed by atoms with Gasteiger partial charge in [0, 0.05) is 60.7 Å². The highest BCUT2D eigenvalue weighted by atomic mass is 19.4. The minimum atomic E-state index is -4.45. The van der Waals surface area contributed by atoms with Crippen LogP contribution in [0, 0.1) is 0 Å². The summed E-state index contributed by atoms with van der Waals surface area (Å²) in [6, 6.07) is 12.3. The third-order valence-electron chi connectivity index (χ3n) is 6.96. The van der Waals surface area contributed by atoms with Gasteiger partial charge < -0.3 is 9.88 Å². The van der Waals surface area contributed by atoms with Crippen LogP contribution >= 0.6 is 0 Å². The summed E-state index contributed by atoms with van der Waals surface area (Å²) < 4.78 is 42.1. The Morgan fingerprint density at radius 2 is 1.94 bits per heavy atom. The molecule has 5 nitrogen and oxygen atoms in total. The summed E-state index contributed by atoms with van der Waals surface area (Å²) >= 11 is 0. The number of fused-ring (bicyclic) bond motifs is 6. The fourth-order valence-corrected chi connectivity index (χ4v) is 5.32. The van der Waals surface area contributed by atoms with Gasteiger partial charge in [-0.1, -0.05) is 6.07 Å². The van der Waals surface area contributed by atoms with E-state index in [1.165, 1.54) is 35.2 Å². The first-order valence-electron chi connectivity index (χ1n) is 10.9. The summed E-state index contributed by atoms with van der Waals surface area (Å²) in [4.78, 5) is 16.8. The average Bonchev–Trinajstić information content (AvgIpc) is 3.31. The van der Waals surface area contributed by atoms with Crippen molar-refractivity contribution in [3.05, 3.63) is 82.0 Å². The zero-order valence-corrected chi connectivity index (χ0v) is 17.9. The maximum Gasteiger partial charge on any atom is 0.417 e. The smallest absolute Gasteiger partial charge is 0.347 e. The molecular weight excluding hydrogens is 429 g/mol. The number of aromatic nitrogens is 3. The molecule has 8 heteroatoms. The summed E-state index contributed by atoms with van der Waals surface area (Å²) in [5.41, 5.74) is 4.29. The van der Waals surface area contributed by atoms with Crippen LogP contribution in [0.3, 0.4) is 0 Å². The number of benzene rings is 1. The van der Waals surface area contributed by atoms with Crippen molar-refractivity contribution >= 4 is 10.9 Å². The van der Waals surface area contributed by atoms with Gasteiger partial charge in [0.2, 0.25) is 0 Å². The number of nitrogens with one attached hydrogen (secondary N) is 1. The molecule has 2 aliphatic rings. The Bertz CT molecular complexity index is 1450. The Balaban J connectivity index is 1.38. The predicted molar refractivity (Wildman–Crippen MR) is 119 cm³/mol. The van der Waals surface area contributed by atoms with Gasteiger partial charge >= 0.3 is 6.18 Å². The molecule has 4 aromatic rings. The Hall–Kier alpha value is -3.39. The van der Waals surface area contributed by atoms with Gasteiger partial charge in [0.05, 0.1) is 22.5 Å². The van der Waals surface area contributed by atoms with Gasteiger partial charge in [-0.2, -0.15) is 13.2 Å². The van der Waals surface area contributed by atoms with E-state index >= 15 is 0 Å². The van der Waals surface area contributed by atoms with E-state index in [1.807, 2.05) is 12.1 Å². The molecule has 1 saturated heterocycles. The molecule has 0 radical (unpaired) electrons. The Kier molecular flexibility index (Phi) is 4.32. The Labute approximate surface area is 187 Å². The molecule has 2 aliphatic heterocycles. The lowest BCUT2D eigenvalue weighted by Gasteiger charge is -2.23. The van der Waals surface area contributed by atoms with Crippen LogP contribution in [0.1, 0.15) is 35.7 Å². The number of hydrogen-bond donors (Lipinski definition) is 1. The fourth-order valence-electron chi connectivity index (χ4n) is 5.32. The zero-order valence-electron chi connectivity index (χ0n) is 17.9. The third-order valence-corrected chi connectivity index (χ3v) is 6.96. The summed E-state index contributed by atoms with van der Waals surface area (Å²) in [7, 11) is 2.08. The maximum atomic E-state index is 12.9. The van der Waals surface area contributed by atoms with Crippen molar-refractivity contribution in [3.63, 3.8) is 0 Å². The fraction of sp³-hybridized carbons (Fsp3) is 0.280. The van der Waals surface area contributed by atoms with Gasteiger partial charge in [0.1, 0.15) is 0 Å². The lowest BCUT2D eigenvalue weighted by atomic mass is 9.99. The third kappa shape index (κ3) is 3.20. The lowest BCUT2D eigenvalue weighted by molar-refractivity contribution is -0.137. The summed E-state index contributed by atoms with van der Waals surface area (Å²) in [6.07, 6.45) is 1.35. The molecule has 2 atom stereocenters. The molecule has 33 heavy (non-hydrogen) atoms. The van der Waals surface area contributed by atoms with Crippen LogP contribution < -0.4 is 10.9 Å². The summed E-state index contributed by atoms with van der Waals surface area (Å²) in [6.45, 7) is 0. The molecule has 1 unspecified atom stereocenters. The van der Waals surface area contributed by atoms with E-state index in [1.54, 1.807) is 16.8 Å². The van der Waals surface area contributed by atoms with E-state index in [2.05, 4.69) is 28.0 Å². The van der Waals surface area contributed by atoms with Crippen molar-refractivity contribution in [2.24, 2.45) is 7.05 Å². The number of pyridine rings is 2. The molecule has 0 saturated carbocycles. The van der Waals surface area contributed by atoms with E-state index in [-0.39, 0.29) is 5.56 Å². The quantitative estimate of drug-likeness (QED) is 0.479. The topological polar surface area (TPSA) is 51.9 Å². The van der Waals surface area contributed by atoms with Crippen LogP contribution in [0.5, 0.6) is 0 Å². The van der Waals surface area contributed by atoms with E-state index in [0.29, 0.717) is 23.3 Å². The van der Waals surface area contributed by atoms with Crippen molar-refractivity contribution < 1.29 is 13.2 Å². The molecule has 1 fully saturated rings. The standard InChI is InChI=1S/C25H21F3N4O/c1-31-21-12-17(4-5-18(21)24-20-7-3-16(30-20)11-22(24)31)32-9-8-14(10-23(32)33)19-6-2-15(13-29-19)25(26,27)28/h2,4-6,8-10,12-13,16,20,30H,3,7,11H2,1H3/t16?,20-/m0/s1. The van der Waals surface area contributed by atoms with Gasteiger partial charge in [-0.15, -0.1) is 0 Å². The van der Waals surface area contributed by atoms with Crippen molar-refractivity contribution in [2.45, 2.75) is 37.5 Å². The second-order valence-electron chi connectivity index (χ2n) is 8.87. The summed E-state index contributed by atoms with van der Waals surface area (Å²) in [5, 5.41) is 4.92. The van der Waals surface area contributed by atoms with Crippen molar-refractivity contribution in [1.29, 1.82) is 0 Å². The molecule has 168 valence electrons. The molecule has 1 aromatic carbocycles. The van der Waals surface area contributed by atoms with Crippen molar-refractivity contribution in [3.8, 4) is 16.9 Å². The average molecular weight is 450 g/mol. The lowest BCUT2D eigenvalue weighted by Crippen LogP contribution is -2.32. The van der Waals surface area contributed by atoms with E-state index in [9.17, 15) is 18.0 Å². The number of nitrogens with zero attached hydrogens (tertiary/aromatic N) is 3. The van der Waals surface area contributed by atoms with Gasteiger partial charge in [-0.05, 0) is 48.7 Å². The molecule has 0 amide bonds. The second-order valence-corrected chi connectivity index (χ2v) is 8.87. The van der Waals surface area contributed by atoms with E-state index in [0.717, 1.165) is 36.3 Å². The first-order chi connectivity index (χ1) is 15.8. The molecule has 0 aliphatic carbocycles. The van der Waals surface area contributed by atoms with Crippen LogP contribution in [0.4, 0.5) is 13.2 Å². The molecule has 1 N–H and O–H groups in total. The Morgan fingerprint density at radius 1 is 1.09 bits per heavy atom. The minimum absolute atomic E-state index is 0.270. The number of alkyl halides is 3. The highest BCUT2D eigenvalue weighted by Crippen LogP contribution is 2.41. The number of rotatable bonds is 2. The van der Waals surface area contributed by atoms with Crippen LogP contribution in [0.25, 0.3) is 27.8 Å². The number of halogens is 3.